The minimum Gasteiger partial charge on any atom is -0.376 e. The zero-order valence-electron chi connectivity index (χ0n) is 26.2. The number of aromatic nitrogens is 3. The second-order valence-corrected chi connectivity index (χ2v) is 13.2. The monoisotopic (exact) mass is 670 g/mol. The minimum atomic E-state index is -1.31. The fourth-order valence-electron chi connectivity index (χ4n) is 5.91. The molecule has 4 aromatic rings. The van der Waals surface area contributed by atoms with Crippen molar-refractivity contribution in [1.82, 2.24) is 25.2 Å². The number of imidazole rings is 1. The maximum absolute atomic E-state index is 14.3. The number of rotatable bonds is 9. The second-order valence-electron chi connectivity index (χ2n) is 12.4. The van der Waals surface area contributed by atoms with Crippen LogP contribution in [0.1, 0.15) is 54.0 Å². The molecule has 0 bridgehead atoms. The standard InChI is InChI=1S/C34H32Cl2N8O3/c1-20(29(45)41-34(11-12-34)28-10-9-25(18-38-28)42(3)4)40-30(46)27-19-39-32-43(26-14-23(35)13-24(36)15-26)31(47)33(2,44(27)32)16-21-5-7-22(17-37)8-6-21/h5-10,13-15,18-20H,11-12,16H2,1-4H3,(H,40,46)(H,41,45)/t20-,33-/m1/s1. The molecule has 2 N–H and O–H groups in total. The summed E-state index contributed by atoms with van der Waals surface area (Å²) in [7, 11) is 3.86. The first kappa shape index (κ1) is 32.0. The van der Waals surface area contributed by atoms with Crippen molar-refractivity contribution >= 4 is 58.2 Å². The molecule has 11 nitrogen and oxygen atoms in total. The summed E-state index contributed by atoms with van der Waals surface area (Å²) in [6.45, 7) is 3.33. The summed E-state index contributed by atoms with van der Waals surface area (Å²) >= 11 is 12.6. The van der Waals surface area contributed by atoms with Crippen molar-refractivity contribution in [1.29, 1.82) is 5.26 Å². The maximum atomic E-state index is 14.3. The number of halogens is 2. The number of hydrogen-bond acceptors (Lipinski definition) is 7. The average Bonchev–Trinajstić information content (AvgIpc) is 3.62. The highest BCUT2D eigenvalue weighted by atomic mass is 35.5. The van der Waals surface area contributed by atoms with Crippen LogP contribution in [0.3, 0.4) is 0 Å². The summed E-state index contributed by atoms with van der Waals surface area (Å²) in [5.41, 5.74) is 1.57. The maximum Gasteiger partial charge on any atom is 0.270 e. The van der Waals surface area contributed by atoms with Crippen molar-refractivity contribution < 1.29 is 14.4 Å². The van der Waals surface area contributed by atoms with E-state index in [4.69, 9.17) is 23.2 Å². The van der Waals surface area contributed by atoms with Crippen LogP contribution in [-0.4, -0.2) is 52.4 Å². The van der Waals surface area contributed by atoms with Gasteiger partial charge in [-0.3, -0.25) is 23.9 Å². The lowest BCUT2D eigenvalue weighted by atomic mass is 9.91. The molecule has 2 atom stereocenters. The van der Waals surface area contributed by atoms with Crippen LogP contribution >= 0.6 is 23.2 Å². The number of hydrogen-bond donors (Lipinski definition) is 2. The smallest absolute Gasteiger partial charge is 0.270 e. The van der Waals surface area contributed by atoms with Gasteiger partial charge in [-0.1, -0.05) is 35.3 Å². The number of carbonyl (C=O) groups excluding carboxylic acids is 3. The van der Waals surface area contributed by atoms with Crippen molar-refractivity contribution in [2.75, 3.05) is 23.9 Å². The molecule has 0 spiro atoms. The highest BCUT2D eigenvalue weighted by Crippen LogP contribution is 2.45. The van der Waals surface area contributed by atoms with E-state index in [2.05, 4.69) is 26.7 Å². The quantitative estimate of drug-likeness (QED) is 0.253. The zero-order chi connectivity index (χ0) is 33.7. The molecular weight excluding hydrogens is 639 g/mol. The molecule has 0 saturated heterocycles. The predicted octanol–water partition coefficient (Wildman–Crippen LogP) is 5.08. The number of fused-ring (bicyclic) bond motifs is 1. The topological polar surface area (TPSA) is 136 Å². The van der Waals surface area contributed by atoms with Crippen LogP contribution in [0.2, 0.25) is 10.0 Å². The Balaban J connectivity index is 1.28. The molecule has 2 aromatic carbocycles. The Morgan fingerprint density at radius 2 is 1.72 bits per heavy atom. The Morgan fingerprint density at radius 1 is 1.04 bits per heavy atom. The second kappa shape index (κ2) is 12.0. The molecule has 1 aliphatic carbocycles. The lowest BCUT2D eigenvalue weighted by molar-refractivity contribution is -0.124. The summed E-state index contributed by atoms with van der Waals surface area (Å²) in [4.78, 5) is 53.9. The lowest BCUT2D eigenvalue weighted by Crippen LogP contribution is -2.49. The molecule has 2 aliphatic rings. The van der Waals surface area contributed by atoms with Crippen LogP contribution in [0.15, 0.2) is 67.0 Å². The third-order valence-corrected chi connectivity index (χ3v) is 9.11. The van der Waals surface area contributed by atoms with Gasteiger partial charge in [0.15, 0.2) is 0 Å². The Hall–Kier alpha value is -4.92. The number of nitriles is 1. The SMILES string of the molecule is C[C@@H](NC(=O)c1cnc2n1[C@](C)(Cc1ccc(C#N)cc1)C(=O)N2c1cc(Cl)cc(Cl)c1)C(=O)NC1(c2ccc(N(C)C)cn2)CC1. The van der Waals surface area contributed by atoms with Crippen LogP contribution in [0.4, 0.5) is 17.3 Å². The van der Waals surface area contributed by atoms with Crippen LogP contribution in [-0.2, 0) is 27.1 Å². The molecule has 1 fully saturated rings. The first-order chi connectivity index (χ1) is 22.3. The van der Waals surface area contributed by atoms with E-state index in [1.165, 1.54) is 11.1 Å². The molecule has 47 heavy (non-hydrogen) atoms. The summed E-state index contributed by atoms with van der Waals surface area (Å²) in [6.07, 6.45) is 4.82. The Labute approximate surface area is 282 Å². The van der Waals surface area contributed by atoms with Gasteiger partial charge in [0, 0.05) is 30.6 Å². The third-order valence-electron chi connectivity index (χ3n) is 8.68. The van der Waals surface area contributed by atoms with Crippen molar-refractivity contribution in [3.8, 4) is 6.07 Å². The lowest BCUT2D eigenvalue weighted by Gasteiger charge is -2.27. The third kappa shape index (κ3) is 5.90. The van der Waals surface area contributed by atoms with Gasteiger partial charge in [-0.25, -0.2) is 9.88 Å². The number of nitrogens with one attached hydrogen (secondary N) is 2. The van der Waals surface area contributed by atoms with Gasteiger partial charge in [-0.15, -0.1) is 0 Å². The minimum absolute atomic E-state index is 0.0989. The van der Waals surface area contributed by atoms with Gasteiger partial charge in [0.05, 0.1) is 46.6 Å². The molecule has 0 unspecified atom stereocenters. The summed E-state index contributed by atoms with van der Waals surface area (Å²) < 4.78 is 1.58. The van der Waals surface area contributed by atoms with Gasteiger partial charge < -0.3 is 15.5 Å². The number of carbonyl (C=O) groups is 3. The van der Waals surface area contributed by atoms with Gasteiger partial charge >= 0.3 is 0 Å². The van der Waals surface area contributed by atoms with Gasteiger partial charge in [-0.2, -0.15) is 5.26 Å². The summed E-state index contributed by atoms with van der Waals surface area (Å²) in [5, 5.41) is 15.8. The van der Waals surface area contributed by atoms with E-state index in [0.717, 1.165) is 29.8 Å². The van der Waals surface area contributed by atoms with Crippen molar-refractivity contribution in [3.05, 3.63) is 99.6 Å². The Morgan fingerprint density at radius 3 is 2.30 bits per heavy atom. The van der Waals surface area contributed by atoms with E-state index in [0.29, 0.717) is 21.3 Å². The van der Waals surface area contributed by atoms with Crippen LogP contribution in [0, 0.1) is 11.3 Å². The fourth-order valence-corrected chi connectivity index (χ4v) is 6.42. The first-order valence-electron chi connectivity index (χ1n) is 15.0. The predicted molar refractivity (Wildman–Crippen MR) is 179 cm³/mol. The molecule has 13 heteroatoms. The van der Waals surface area contributed by atoms with Gasteiger partial charge in [-0.05, 0) is 74.7 Å². The highest BCUT2D eigenvalue weighted by molar-refractivity contribution is 6.35. The number of benzene rings is 2. The molecule has 240 valence electrons. The molecule has 0 radical (unpaired) electrons. The number of pyridine rings is 1. The molecule has 3 amide bonds. The largest absolute Gasteiger partial charge is 0.376 e. The van der Waals surface area contributed by atoms with E-state index in [1.54, 1.807) is 67.1 Å². The average molecular weight is 672 g/mol. The van der Waals surface area contributed by atoms with Crippen molar-refractivity contribution in [3.63, 3.8) is 0 Å². The van der Waals surface area contributed by atoms with Gasteiger partial charge in [0.1, 0.15) is 17.3 Å². The van der Waals surface area contributed by atoms with Crippen LogP contribution in [0.5, 0.6) is 0 Å². The van der Waals surface area contributed by atoms with E-state index in [1.807, 2.05) is 31.1 Å². The Bertz CT molecular complexity index is 1910. The number of anilines is 3. The van der Waals surface area contributed by atoms with Gasteiger partial charge in [0.2, 0.25) is 11.9 Å². The molecular formula is C34H32Cl2N8O3. The normalized spacial score (nSPS) is 18.2. The number of amides is 3. The van der Waals surface area contributed by atoms with Gasteiger partial charge in [0.25, 0.3) is 11.8 Å². The van der Waals surface area contributed by atoms with Crippen LogP contribution in [0.25, 0.3) is 0 Å². The van der Waals surface area contributed by atoms with Crippen molar-refractivity contribution in [2.24, 2.45) is 0 Å². The molecule has 1 saturated carbocycles. The Kier molecular flexibility index (Phi) is 8.20. The summed E-state index contributed by atoms with van der Waals surface area (Å²) in [5.74, 6) is -1.08. The van der Waals surface area contributed by atoms with E-state index in [-0.39, 0.29) is 29.9 Å². The van der Waals surface area contributed by atoms with Crippen molar-refractivity contribution in [2.45, 2.75) is 50.2 Å². The van der Waals surface area contributed by atoms with E-state index in [9.17, 15) is 19.6 Å². The highest BCUT2D eigenvalue weighted by Gasteiger charge is 2.51. The molecule has 1 aliphatic heterocycles. The molecule has 6 rings (SSSR count). The molecule has 3 heterocycles. The summed E-state index contributed by atoms with van der Waals surface area (Å²) in [6, 6.07) is 16.7. The van der Waals surface area contributed by atoms with E-state index < -0.39 is 23.0 Å². The molecule has 2 aromatic heterocycles. The zero-order valence-corrected chi connectivity index (χ0v) is 27.7. The van der Waals surface area contributed by atoms with E-state index >= 15 is 0 Å². The first-order valence-corrected chi connectivity index (χ1v) is 15.8. The van der Waals surface area contributed by atoms with Crippen LogP contribution < -0.4 is 20.4 Å². The number of nitrogens with zero attached hydrogens (tertiary/aromatic N) is 6. The fraction of sp³-hybridized carbons (Fsp3) is 0.294.